The first-order valence-electron chi connectivity index (χ1n) is 7.10. The van der Waals surface area contributed by atoms with Gasteiger partial charge in [-0.15, -0.1) is 0 Å². The minimum Gasteiger partial charge on any atom is -0.383 e. The molecule has 1 unspecified atom stereocenters. The molecule has 124 valence electrons. The van der Waals surface area contributed by atoms with Crippen LogP contribution >= 0.6 is 0 Å². The Kier molecular flexibility index (Phi) is 6.22. The zero-order valence-corrected chi connectivity index (χ0v) is 14.6. The average molecular weight is 328 g/mol. The van der Waals surface area contributed by atoms with E-state index in [1.54, 1.807) is 48.2 Å². The SMILES string of the molecule is CCC(C)N(Cc1ccc(OS(C)(=O)=O)cc1)C(=O)N(C)C. The fourth-order valence-corrected chi connectivity index (χ4v) is 2.37. The van der Waals surface area contributed by atoms with E-state index in [0.717, 1.165) is 18.2 Å². The quantitative estimate of drug-likeness (QED) is 0.752. The first-order valence-corrected chi connectivity index (χ1v) is 8.92. The lowest BCUT2D eigenvalue weighted by atomic mass is 10.1. The molecule has 0 bridgehead atoms. The molecule has 6 nitrogen and oxygen atoms in total. The van der Waals surface area contributed by atoms with Crippen molar-refractivity contribution < 1.29 is 17.4 Å². The van der Waals surface area contributed by atoms with Crippen LogP contribution in [-0.2, 0) is 16.7 Å². The van der Waals surface area contributed by atoms with Crippen molar-refractivity contribution in [3.05, 3.63) is 29.8 Å². The molecule has 0 spiro atoms. The second kappa shape index (κ2) is 7.49. The Balaban J connectivity index is 2.88. The van der Waals surface area contributed by atoms with Gasteiger partial charge < -0.3 is 14.0 Å². The maximum Gasteiger partial charge on any atom is 0.320 e. The van der Waals surface area contributed by atoms with Gasteiger partial charge in [0, 0.05) is 26.7 Å². The Morgan fingerprint density at radius 1 is 1.23 bits per heavy atom. The normalized spacial score (nSPS) is 12.6. The molecule has 0 fully saturated rings. The van der Waals surface area contributed by atoms with E-state index in [1.165, 1.54) is 0 Å². The molecule has 0 saturated heterocycles. The molecule has 1 atom stereocenters. The molecule has 0 saturated carbocycles. The van der Waals surface area contributed by atoms with E-state index in [4.69, 9.17) is 4.18 Å². The van der Waals surface area contributed by atoms with Crippen LogP contribution in [0.1, 0.15) is 25.8 Å². The molecule has 0 heterocycles. The number of hydrogen-bond acceptors (Lipinski definition) is 4. The van der Waals surface area contributed by atoms with E-state index in [2.05, 4.69) is 0 Å². The van der Waals surface area contributed by atoms with Gasteiger partial charge in [0.15, 0.2) is 0 Å². The van der Waals surface area contributed by atoms with Crippen molar-refractivity contribution in [3.63, 3.8) is 0 Å². The third kappa shape index (κ3) is 5.55. The molecule has 2 amide bonds. The first kappa shape index (κ1) is 18.3. The van der Waals surface area contributed by atoms with Gasteiger partial charge in [-0.1, -0.05) is 19.1 Å². The van der Waals surface area contributed by atoms with Crippen LogP contribution in [0.4, 0.5) is 4.79 Å². The average Bonchev–Trinajstić information content (AvgIpc) is 2.43. The summed E-state index contributed by atoms with van der Waals surface area (Å²) in [7, 11) is -0.0804. The number of urea groups is 1. The van der Waals surface area contributed by atoms with E-state index in [9.17, 15) is 13.2 Å². The lowest BCUT2D eigenvalue weighted by molar-refractivity contribution is 0.148. The highest BCUT2D eigenvalue weighted by Crippen LogP contribution is 2.17. The summed E-state index contributed by atoms with van der Waals surface area (Å²) in [6.45, 7) is 4.50. The minimum atomic E-state index is -3.53. The number of benzene rings is 1. The smallest absolute Gasteiger partial charge is 0.320 e. The van der Waals surface area contributed by atoms with Crippen molar-refractivity contribution in [3.8, 4) is 5.75 Å². The Labute approximate surface area is 132 Å². The number of nitrogens with zero attached hydrogens (tertiary/aromatic N) is 2. The summed E-state index contributed by atoms with van der Waals surface area (Å²) in [5.41, 5.74) is 0.913. The van der Waals surface area contributed by atoms with Gasteiger partial charge in [-0.3, -0.25) is 0 Å². The van der Waals surface area contributed by atoms with E-state index >= 15 is 0 Å². The molecular formula is C15H24N2O4S. The predicted octanol–water partition coefficient (Wildman–Crippen LogP) is 2.31. The molecule has 1 aromatic rings. The molecule has 1 rings (SSSR count). The summed E-state index contributed by atoms with van der Waals surface area (Å²) in [6, 6.07) is 6.77. The zero-order chi connectivity index (χ0) is 16.9. The van der Waals surface area contributed by atoms with Gasteiger partial charge in [0.2, 0.25) is 0 Å². The van der Waals surface area contributed by atoms with Gasteiger partial charge in [0.1, 0.15) is 5.75 Å². The van der Waals surface area contributed by atoms with Crippen LogP contribution in [0.3, 0.4) is 0 Å². The number of carbonyl (C=O) groups is 1. The second-order valence-corrected chi connectivity index (χ2v) is 7.07. The molecule has 1 aromatic carbocycles. The summed E-state index contributed by atoms with van der Waals surface area (Å²) in [5.74, 6) is 0.264. The van der Waals surface area contributed by atoms with E-state index in [-0.39, 0.29) is 17.8 Å². The summed E-state index contributed by atoms with van der Waals surface area (Å²) >= 11 is 0. The summed E-state index contributed by atoms with van der Waals surface area (Å²) < 4.78 is 26.9. The Morgan fingerprint density at radius 3 is 2.18 bits per heavy atom. The molecule has 0 aliphatic heterocycles. The van der Waals surface area contributed by atoms with Crippen LogP contribution in [0, 0.1) is 0 Å². The topological polar surface area (TPSA) is 66.9 Å². The number of amides is 2. The van der Waals surface area contributed by atoms with Crippen LogP contribution in [0.25, 0.3) is 0 Å². The van der Waals surface area contributed by atoms with Crippen LogP contribution in [-0.4, -0.2) is 50.6 Å². The fraction of sp³-hybridized carbons (Fsp3) is 0.533. The van der Waals surface area contributed by atoms with Crippen LogP contribution in [0.5, 0.6) is 5.75 Å². The van der Waals surface area contributed by atoms with Crippen molar-refractivity contribution in [1.29, 1.82) is 0 Å². The number of hydrogen-bond donors (Lipinski definition) is 0. The highest BCUT2D eigenvalue weighted by Gasteiger charge is 2.20. The molecule has 0 aliphatic rings. The van der Waals surface area contributed by atoms with Crippen molar-refractivity contribution in [2.45, 2.75) is 32.9 Å². The van der Waals surface area contributed by atoms with Crippen molar-refractivity contribution in [1.82, 2.24) is 9.80 Å². The third-order valence-electron chi connectivity index (χ3n) is 3.28. The van der Waals surface area contributed by atoms with Gasteiger partial charge in [0.25, 0.3) is 0 Å². The van der Waals surface area contributed by atoms with E-state index in [0.29, 0.717) is 6.54 Å². The third-order valence-corrected chi connectivity index (χ3v) is 3.77. The summed E-state index contributed by atoms with van der Waals surface area (Å²) in [6.07, 6.45) is 1.86. The monoisotopic (exact) mass is 328 g/mol. The summed E-state index contributed by atoms with van der Waals surface area (Å²) in [4.78, 5) is 15.6. The second-order valence-electron chi connectivity index (χ2n) is 5.49. The Hall–Kier alpha value is -1.76. The lowest BCUT2D eigenvalue weighted by Gasteiger charge is -2.31. The van der Waals surface area contributed by atoms with Crippen LogP contribution in [0.2, 0.25) is 0 Å². The van der Waals surface area contributed by atoms with Crippen molar-refractivity contribution in [2.24, 2.45) is 0 Å². The summed E-state index contributed by atoms with van der Waals surface area (Å²) in [5, 5.41) is 0. The van der Waals surface area contributed by atoms with Crippen LogP contribution in [0.15, 0.2) is 24.3 Å². The Morgan fingerprint density at radius 2 is 1.77 bits per heavy atom. The molecule has 22 heavy (non-hydrogen) atoms. The maximum absolute atomic E-state index is 12.3. The van der Waals surface area contributed by atoms with E-state index in [1.807, 2.05) is 13.8 Å². The highest BCUT2D eigenvalue weighted by molar-refractivity contribution is 7.86. The molecule has 0 aromatic heterocycles. The number of rotatable bonds is 6. The molecule has 0 radical (unpaired) electrons. The van der Waals surface area contributed by atoms with Crippen LogP contribution < -0.4 is 4.18 Å². The highest BCUT2D eigenvalue weighted by atomic mass is 32.2. The van der Waals surface area contributed by atoms with Crippen molar-refractivity contribution in [2.75, 3.05) is 20.4 Å². The van der Waals surface area contributed by atoms with Crippen molar-refractivity contribution >= 4 is 16.1 Å². The largest absolute Gasteiger partial charge is 0.383 e. The fourth-order valence-electron chi connectivity index (χ4n) is 1.91. The van der Waals surface area contributed by atoms with E-state index < -0.39 is 10.1 Å². The Bertz CT molecular complexity index is 596. The molecule has 7 heteroatoms. The van der Waals surface area contributed by atoms with Gasteiger partial charge in [0.05, 0.1) is 6.26 Å². The molecule has 0 aliphatic carbocycles. The maximum atomic E-state index is 12.3. The molecule has 0 N–H and O–H groups in total. The first-order chi connectivity index (χ1) is 10.1. The minimum absolute atomic E-state index is 0.0502. The van der Waals surface area contributed by atoms with Gasteiger partial charge in [-0.05, 0) is 31.0 Å². The zero-order valence-electron chi connectivity index (χ0n) is 13.7. The standard InChI is InChI=1S/C15H24N2O4S/c1-6-12(2)17(15(18)16(3)4)11-13-7-9-14(10-8-13)21-22(5,19)20/h7-10,12H,6,11H2,1-5H3. The van der Waals surface area contributed by atoms with Gasteiger partial charge >= 0.3 is 16.1 Å². The lowest BCUT2D eigenvalue weighted by Crippen LogP contribution is -2.43. The van der Waals surface area contributed by atoms with Gasteiger partial charge in [-0.25, -0.2) is 4.79 Å². The predicted molar refractivity (Wildman–Crippen MR) is 86.3 cm³/mol. The number of carbonyl (C=O) groups excluding carboxylic acids is 1. The van der Waals surface area contributed by atoms with Gasteiger partial charge in [-0.2, -0.15) is 8.42 Å². The molecular weight excluding hydrogens is 304 g/mol.